The van der Waals surface area contributed by atoms with Gasteiger partial charge in [0.1, 0.15) is 0 Å². The molecule has 0 aliphatic carbocycles. The Morgan fingerprint density at radius 3 is 2.35 bits per heavy atom. The molecule has 0 saturated heterocycles. The molecular weight excluding hydrogens is 208 g/mol. The predicted octanol–water partition coefficient (Wildman–Crippen LogP) is 3.57. The summed E-state index contributed by atoms with van der Waals surface area (Å²) in [5.41, 5.74) is 0. The van der Waals surface area contributed by atoms with Gasteiger partial charge in [0.2, 0.25) is 0 Å². The van der Waals surface area contributed by atoms with Crippen molar-refractivity contribution in [3.63, 3.8) is 0 Å². The molecule has 0 aliphatic heterocycles. The summed E-state index contributed by atoms with van der Waals surface area (Å²) in [5.74, 6) is 0.837. The fourth-order valence-corrected chi connectivity index (χ4v) is 1.91. The zero-order chi connectivity index (χ0) is 12.9. The highest BCUT2D eigenvalue weighted by Gasteiger charge is 2.01. The van der Waals surface area contributed by atoms with Crippen LogP contribution in [-0.4, -0.2) is 25.7 Å². The van der Waals surface area contributed by atoms with Gasteiger partial charge in [-0.25, -0.2) is 0 Å². The third kappa shape index (κ3) is 12.2. The second-order valence-electron chi connectivity index (χ2n) is 5.42. The molecule has 0 fully saturated rings. The van der Waals surface area contributed by atoms with Gasteiger partial charge >= 0.3 is 0 Å². The average Bonchev–Trinajstić information content (AvgIpc) is 2.33. The van der Waals surface area contributed by atoms with Gasteiger partial charge in [-0.3, -0.25) is 0 Å². The van der Waals surface area contributed by atoms with Crippen molar-refractivity contribution in [2.75, 3.05) is 19.6 Å². The fraction of sp³-hybridized carbons (Fsp3) is 1.00. The maximum atomic E-state index is 3.55. The maximum absolute atomic E-state index is 3.55. The van der Waals surface area contributed by atoms with E-state index in [0.29, 0.717) is 6.04 Å². The first kappa shape index (κ1) is 16.9. The number of nitrogens with one attached hydrogen (secondary N) is 2. The largest absolute Gasteiger partial charge is 0.316 e. The number of rotatable bonds is 12. The van der Waals surface area contributed by atoms with Crippen molar-refractivity contribution in [3.8, 4) is 0 Å². The van der Waals surface area contributed by atoms with Gasteiger partial charge in [-0.05, 0) is 58.2 Å². The third-order valence-electron chi connectivity index (χ3n) is 3.40. The number of hydrogen-bond acceptors (Lipinski definition) is 2. The van der Waals surface area contributed by atoms with Crippen LogP contribution in [0.3, 0.4) is 0 Å². The molecule has 104 valence electrons. The first-order valence-electron chi connectivity index (χ1n) is 7.64. The van der Waals surface area contributed by atoms with Crippen LogP contribution in [0, 0.1) is 5.92 Å². The Morgan fingerprint density at radius 2 is 1.71 bits per heavy atom. The topological polar surface area (TPSA) is 24.1 Å². The molecule has 0 aromatic heterocycles. The minimum atomic E-state index is 0.687. The molecule has 0 aromatic rings. The summed E-state index contributed by atoms with van der Waals surface area (Å²) in [6, 6.07) is 0.687. The zero-order valence-electron chi connectivity index (χ0n) is 12.5. The van der Waals surface area contributed by atoms with Crippen LogP contribution in [0.25, 0.3) is 0 Å². The van der Waals surface area contributed by atoms with E-state index < -0.39 is 0 Å². The summed E-state index contributed by atoms with van der Waals surface area (Å²) in [6.45, 7) is 12.6. The van der Waals surface area contributed by atoms with Crippen LogP contribution >= 0.6 is 0 Å². The molecule has 2 nitrogen and oxygen atoms in total. The van der Waals surface area contributed by atoms with Crippen molar-refractivity contribution in [1.82, 2.24) is 10.6 Å². The Kier molecular flexibility index (Phi) is 12.3. The third-order valence-corrected chi connectivity index (χ3v) is 3.40. The first-order chi connectivity index (χ1) is 8.20. The molecule has 0 rings (SSSR count). The summed E-state index contributed by atoms with van der Waals surface area (Å²) in [5, 5.41) is 7.05. The summed E-state index contributed by atoms with van der Waals surface area (Å²) in [4.78, 5) is 0. The fourth-order valence-electron chi connectivity index (χ4n) is 1.91. The van der Waals surface area contributed by atoms with Gasteiger partial charge < -0.3 is 10.6 Å². The van der Waals surface area contributed by atoms with Gasteiger partial charge in [-0.15, -0.1) is 0 Å². The minimum absolute atomic E-state index is 0.687. The lowest BCUT2D eigenvalue weighted by Crippen LogP contribution is -2.26. The van der Waals surface area contributed by atoms with Crippen LogP contribution in [0.15, 0.2) is 0 Å². The molecule has 2 heteroatoms. The Labute approximate surface area is 109 Å². The predicted molar refractivity (Wildman–Crippen MR) is 78.5 cm³/mol. The quantitative estimate of drug-likeness (QED) is 0.511. The van der Waals surface area contributed by atoms with E-state index in [0.717, 1.165) is 5.92 Å². The highest BCUT2D eigenvalue weighted by atomic mass is 14.9. The van der Waals surface area contributed by atoms with Crippen molar-refractivity contribution in [1.29, 1.82) is 0 Å². The van der Waals surface area contributed by atoms with Gasteiger partial charge in [-0.1, -0.05) is 33.6 Å². The lowest BCUT2D eigenvalue weighted by atomic mass is 10.0. The van der Waals surface area contributed by atoms with Crippen molar-refractivity contribution in [3.05, 3.63) is 0 Å². The minimum Gasteiger partial charge on any atom is -0.316 e. The summed E-state index contributed by atoms with van der Waals surface area (Å²) >= 11 is 0. The van der Waals surface area contributed by atoms with Gasteiger partial charge in [0.05, 0.1) is 0 Å². The molecule has 0 aromatic carbocycles. The van der Waals surface area contributed by atoms with Gasteiger partial charge in [-0.2, -0.15) is 0 Å². The van der Waals surface area contributed by atoms with Crippen LogP contribution in [0.4, 0.5) is 0 Å². The van der Waals surface area contributed by atoms with Crippen molar-refractivity contribution < 1.29 is 0 Å². The Bertz CT molecular complexity index is 148. The van der Waals surface area contributed by atoms with Crippen molar-refractivity contribution in [2.24, 2.45) is 5.92 Å². The molecule has 0 heterocycles. The Morgan fingerprint density at radius 1 is 0.941 bits per heavy atom. The summed E-state index contributed by atoms with van der Waals surface area (Å²) in [7, 11) is 0. The van der Waals surface area contributed by atoms with E-state index in [9.17, 15) is 0 Å². The normalized spacial score (nSPS) is 14.8. The van der Waals surface area contributed by atoms with Crippen LogP contribution in [0.5, 0.6) is 0 Å². The second kappa shape index (κ2) is 12.4. The average molecular weight is 242 g/mol. The standard InChI is InChI=1S/C15H34N2/c1-5-11-16-13-14(3)10-8-7-9-12-17-15(4)6-2/h14-17H,5-13H2,1-4H3. The van der Waals surface area contributed by atoms with Crippen LogP contribution in [-0.2, 0) is 0 Å². The van der Waals surface area contributed by atoms with E-state index in [-0.39, 0.29) is 0 Å². The Balaban J connectivity index is 3.16. The smallest absolute Gasteiger partial charge is 0.00360 e. The molecule has 0 spiro atoms. The van der Waals surface area contributed by atoms with Gasteiger partial charge in [0.25, 0.3) is 0 Å². The molecule has 17 heavy (non-hydrogen) atoms. The number of hydrogen-bond donors (Lipinski definition) is 2. The maximum Gasteiger partial charge on any atom is 0.00360 e. The first-order valence-corrected chi connectivity index (χ1v) is 7.64. The monoisotopic (exact) mass is 242 g/mol. The van der Waals surface area contributed by atoms with Gasteiger partial charge in [0.15, 0.2) is 0 Å². The van der Waals surface area contributed by atoms with Crippen molar-refractivity contribution >= 4 is 0 Å². The summed E-state index contributed by atoms with van der Waals surface area (Å²) < 4.78 is 0. The molecule has 2 N–H and O–H groups in total. The van der Waals surface area contributed by atoms with E-state index >= 15 is 0 Å². The zero-order valence-corrected chi connectivity index (χ0v) is 12.5. The molecule has 0 amide bonds. The molecular formula is C15H34N2. The SMILES string of the molecule is CCCNCC(C)CCCCCNC(C)CC. The lowest BCUT2D eigenvalue weighted by molar-refractivity contribution is 0.446. The molecule has 0 saturated carbocycles. The lowest BCUT2D eigenvalue weighted by Gasteiger charge is -2.13. The Hall–Kier alpha value is -0.0800. The van der Waals surface area contributed by atoms with E-state index in [1.165, 1.54) is 58.2 Å². The van der Waals surface area contributed by atoms with E-state index in [1.54, 1.807) is 0 Å². The van der Waals surface area contributed by atoms with E-state index in [1.807, 2.05) is 0 Å². The highest BCUT2D eigenvalue weighted by molar-refractivity contribution is 4.60. The van der Waals surface area contributed by atoms with Crippen LogP contribution < -0.4 is 10.6 Å². The second-order valence-corrected chi connectivity index (χ2v) is 5.42. The van der Waals surface area contributed by atoms with Crippen LogP contribution in [0.2, 0.25) is 0 Å². The molecule has 2 unspecified atom stereocenters. The highest BCUT2D eigenvalue weighted by Crippen LogP contribution is 2.08. The summed E-state index contributed by atoms with van der Waals surface area (Å²) in [6.07, 6.45) is 7.95. The van der Waals surface area contributed by atoms with Crippen LogP contribution in [0.1, 0.15) is 66.2 Å². The van der Waals surface area contributed by atoms with Gasteiger partial charge in [0, 0.05) is 6.04 Å². The van der Waals surface area contributed by atoms with E-state index in [2.05, 4.69) is 38.3 Å². The van der Waals surface area contributed by atoms with Crippen molar-refractivity contribution in [2.45, 2.75) is 72.3 Å². The number of unbranched alkanes of at least 4 members (excludes halogenated alkanes) is 2. The molecule has 0 radical (unpaired) electrons. The molecule has 0 bridgehead atoms. The molecule has 2 atom stereocenters. The molecule has 0 aliphatic rings. The van der Waals surface area contributed by atoms with E-state index in [4.69, 9.17) is 0 Å².